The Hall–Kier alpha value is -1.29. The van der Waals surface area contributed by atoms with E-state index in [2.05, 4.69) is 28.4 Å². The highest BCUT2D eigenvalue weighted by atomic mass is 16.5. The van der Waals surface area contributed by atoms with Crippen molar-refractivity contribution in [3.8, 4) is 0 Å². The number of anilines is 1. The van der Waals surface area contributed by atoms with E-state index in [0.29, 0.717) is 0 Å². The van der Waals surface area contributed by atoms with Gasteiger partial charge in [-0.25, -0.2) is 4.98 Å². The summed E-state index contributed by atoms with van der Waals surface area (Å²) in [5.74, 6) is 0.879. The van der Waals surface area contributed by atoms with E-state index in [9.17, 15) is 0 Å². The summed E-state index contributed by atoms with van der Waals surface area (Å²) in [7, 11) is 0. The van der Waals surface area contributed by atoms with Crippen LogP contribution < -0.4 is 5.32 Å². The summed E-state index contributed by atoms with van der Waals surface area (Å²) in [6, 6.07) is 0. The van der Waals surface area contributed by atoms with Crippen molar-refractivity contribution in [2.75, 3.05) is 18.5 Å². The normalized spacial score (nSPS) is 12.4. The first-order chi connectivity index (χ1) is 7.67. The Labute approximate surface area is 97.3 Å². The third-order valence-corrected chi connectivity index (χ3v) is 2.21. The maximum absolute atomic E-state index is 5.52. The summed E-state index contributed by atoms with van der Waals surface area (Å²) in [6.45, 7) is 12.0. The number of aromatic nitrogens is 2. The number of nitrogens with one attached hydrogen (secondary N) is 1. The van der Waals surface area contributed by atoms with E-state index in [0.717, 1.165) is 31.3 Å². The molecule has 1 unspecified atom stereocenters. The van der Waals surface area contributed by atoms with Gasteiger partial charge < -0.3 is 14.6 Å². The molecule has 4 heteroatoms. The zero-order valence-corrected chi connectivity index (χ0v) is 10.4. The number of aryl methyl sites for hydroxylation is 1. The van der Waals surface area contributed by atoms with Gasteiger partial charge in [-0.15, -0.1) is 6.58 Å². The second kappa shape index (κ2) is 6.33. The summed E-state index contributed by atoms with van der Waals surface area (Å²) in [5.41, 5.74) is 1.01. The first-order valence-corrected chi connectivity index (χ1v) is 5.67. The highest BCUT2D eigenvalue weighted by Crippen LogP contribution is 2.10. The number of ether oxygens (including phenoxy) is 1. The lowest BCUT2D eigenvalue weighted by Crippen LogP contribution is -2.18. The molecule has 0 saturated carbocycles. The molecule has 1 N–H and O–H groups in total. The lowest BCUT2D eigenvalue weighted by atomic mass is 10.4. The smallest absolute Gasteiger partial charge is 0.203 e. The molecule has 0 radical (unpaired) electrons. The van der Waals surface area contributed by atoms with Gasteiger partial charge in [0.15, 0.2) is 0 Å². The molecular formula is C12H21N3O. The summed E-state index contributed by atoms with van der Waals surface area (Å²) in [5, 5.41) is 3.21. The second-order valence-electron chi connectivity index (χ2n) is 3.79. The molecule has 0 spiro atoms. The predicted molar refractivity (Wildman–Crippen MR) is 66.7 cm³/mol. The Morgan fingerprint density at radius 1 is 1.69 bits per heavy atom. The Morgan fingerprint density at radius 3 is 3.06 bits per heavy atom. The van der Waals surface area contributed by atoms with Gasteiger partial charge in [-0.3, -0.25) is 0 Å². The van der Waals surface area contributed by atoms with Crippen LogP contribution in [0.1, 0.15) is 19.5 Å². The van der Waals surface area contributed by atoms with E-state index in [4.69, 9.17) is 4.74 Å². The lowest BCUT2D eigenvalue weighted by molar-refractivity contribution is 0.0644. The molecule has 4 nitrogen and oxygen atoms in total. The minimum Gasteiger partial charge on any atom is -0.377 e. The molecule has 1 rings (SSSR count). The van der Waals surface area contributed by atoms with Crippen molar-refractivity contribution in [3.05, 3.63) is 24.5 Å². The average molecular weight is 223 g/mol. The molecule has 1 heterocycles. The summed E-state index contributed by atoms with van der Waals surface area (Å²) >= 11 is 0. The molecule has 0 aliphatic carbocycles. The molecule has 90 valence electrons. The fourth-order valence-corrected chi connectivity index (χ4v) is 1.60. The highest BCUT2D eigenvalue weighted by Gasteiger charge is 2.08. The number of imidazole rings is 1. The zero-order chi connectivity index (χ0) is 12.0. The minimum atomic E-state index is 0.197. The van der Waals surface area contributed by atoms with E-state index in [1.54, 1.807) is 0 Å². The Morgan fingerprint density at radius 2 is 2.44 bits per heavy atom. The van der Waals surface area contributed by atoms with Gasteiger partial charge in [-0.05, 0) is 20.8 Å². The third-order valence-electron chi connectivity index (χ3n) is 2.21. The minimum absolute atomic E-state index is 0.197. The fourth-order valence-electron chi connectivity index (χ4n) is 1.60. The summed E-state index contributed by atoms with van der Waals surface area (Å²) in [4.78, 5) is 4.41. The van der Waals surface area contributed by atoms with Crippen LogP contribution in [-0.4, -0.2) is 28.8 Å². The zero-order valence-electron chi connectivity index (χ0n) is 10.4. The van der Waals surface area contributed by atoms with E-state index < -0.39 is 0 Å². The molecule has 1 atom stereocenters. The van der Waals surface area contributed by atoms with Gasteiger partial charge in [0.1, 0.15) is 0 Å². The SMILES string of the molecule is C=CCNc1nc(C)cn1CC(C)OCC. The van der Waals surface area contributed by atoms with Crippen LogP contribution in [0, 0.1) is 6.92 Å². The highest BCUT2D eigenvalue weighted by molar-refractivity contribution is 5.29. The molecule has 1 aromatic rings. The van der Waals surface area contributed by atoms with Crippen molar-refractivity contribution in [1.29, 1.82) is 0 Å². The van der Waals surface area contributed by atoms with Crippen molar-refractivity contribution in [1.82, 2.24) is 9.55 Å². The van der Waals surface area contributed by atoms with Crippen LogP contribution in [0.3, 0.4) is 0 Å². The monoisotopic (exact) mass is 223 g/mol. The first kappa shape index (κ1) is 12.8. The van der Waals surface area contributed by atoms with Crippen molar-refractivity contribution < 1.29 is 4.74 Å². The quantitative estimate of drug-likeness (QED) is 0.720. The van der Waals surface area contributed by atoms with E-state index in [1.165, 1.54) is 0 Å². The topological polar surface area (TPSA) is 39.1 Å². The third kappa shape index (κ3) is 3.70. The molecule has 0 amide bonds. The summed E-state index contributed by atoms with van der Waals surface area (Å²) < 4.78 is 7.60. The molecule has 0 saturated heterocycles. The van der Waals surface area contributed by atoms with Gasteiger partial charge in [0.2, 0.25) is 5.95 Å². The standard InChI is InChI=1S/C12H21N3O/c1-5-7-13-12-14-10(3)8-15(12)9-11(4)16-6-2/h5,8,11H,1,6-7,9H2,2-4H3,(H,13,14). The van der Waals surface area contributed by atoms with Crippen molar-refractivity contribution in [2.45, 2.75) is 33.4 Å². The maximum Gasteiger partial charge on any atom is 0.203 e. The molecule has 0 aromatic carbocycles. The number of rotatable bonds is 7. The largest absolute Gasteiger partial charge is 0.377 e. The van der Waals surface area contributed by atoms with Crippen LogP contribution in [0.4, 0.5) is 5.95 Å². The Balaban J connectivity index is 2.65. The first-order valence-electron chi connectivity index (χ1n) is 5.67. The van der Waals surface area contributed by atoms with Gasteiger partial charge in [0.25, 0.3) is 0 Å². The Bertz CT molecular complexity index is 333. The molecule has 0 aliphatic rings. The maximum atomic E-state index is 5.52. The van der Waals surface area contributed by atoms with E-state index >= 15 is 0 Å². The van der Waals surface area contributed by atoms with Gasteiger partial charge in [-0.1, -0.05) is 6.08 Å². The van der Waals surface area contributed by atoms with Gasteiger partial charge in [-0.2, -0.15) is 0 Å². The van der Waals surface area contributed by atoms with Crippen molar-refractivity contribution in [2.24, 2.45) is 0 Å². The molecule has 0 fully saturated rings. The lowest BCUT2D eigenvalue weighted by Gasteiger charge is -2.14. The van der Waals surface area contributed by atoms with Gasteiger partial charge in [0, 0.05) is 19.3 Å². The fraction of sp³-hybridized carbons (Fsp3) is 0.583. The molecular weight excluding hydrogens is 202 g/mol. The van der Waals surface area contributed by atoms with E-state index in [-0.39, 0.29) is 6.10 Å². The van der Waals surface area contributed by atoms with Crippen molar-refractivity contribution >= 4 is 5.95 Å². The molecule has 1 aromatic heterocycles. The van der Waals surface area contributed by atoms with Gasteiger partial charge >= 0.3 is 0 Å². The number of nitrogens with zero attached hydrogens (tertiary/aromatic N) is 2. The molecule has 0 aliphatic heterocycles. The van der Waals surface area contributed by atoms with Crippen LogP contribution in [0.5, 0.6) is 0 Å². The van der Waals surface area contributed by atoms with E-state index in [1.807, 2.05) is 26.1 Å². The van der Waals surface area contributed by atoms with Crippen LogP contribution in [0.25, 0.3) is 0 Å². The second-order valence-corrected chi connectivity index (χ2v) is 3.79. The van der Waals surface area contributed by atoms with Crippen LogP contribution in [-0.2, 0) is 11.3 Å². The molecule has 16 heavy (non-hydrogen) atoms. The Kier molecular flexibility index (Phi) is 5.05. The number of hydrogen-bond donors (Lipinski definition) is 1. The van der Waals surface area contributed by atoms with Crippen LogP contribution in [0.15, 0.2) is 18.9 Å². The molecule has 0 bridgehead atoms. The predicted octanol–water partition coefficient (Wildman–Crippen LogP) is 2.21. The summed E-state index contributed by atoms with van der Waals surface area (Å²) in [6.07, 6.45) is 4.05. The average Bonchev–Trinajstić information content (AvgIpc) is 2.56. The van der Waals surface area contributed by atoms with Crippen LogP contribution in [0.2, 0.25) is 0 Å². The van der Waals surface area contributed by atoms with Gasteiger partial charge in [0.05, 0.1) is 18.3 Å². The van der Waals surface area contributed by atoms with Crippen molar-refractivity contribution in [3.63, 3.8) is 0 Å². The number of hydrogen-bond acceptors (Lipinski definition) is 3. The van der Waals surface area contributed by atoms with Crippen LogP contribution >= 0.6 is 0 Å².